The molecular formula is C31H56N4O9S. The zero-order valence-corrected chi connectivity index (χ0v) is 28.0. The first kappa shape index (κ1) is 42.1. The molecule has 14 heteroatoms. The summed E-state index contributed by atoms with van der Waals surface area (Å²) >= 11 is 0.837. The van der Waals surface area contributed by atoms with E-state index in [1.165, 1.54) is 38.5 Å². The average Bonchev–Trinajstić information content (AvgIpc) is 2.98. The van der Waals surface area contributed by atoms with Gasteiger partial charge in [-0.15, -0.1) is 0 Å². The lowest BCUT2D eigenvalue weighted by Crippen LogP contribution is -2.61. The van der Waals surface area contributed by atoms with Gasteiger partial charge in [0.15, 0.2) is 0 Å². The van der Waals surface area contributed by atoms with Crippen LogP contribution in [0.15, 0.2) is 0 Å². The molecule has 0 bridgehead atoms. The quantitative estimate of drug-likeness (QED) is 0.0666. The third-order valence-corrected chi connectivity index (χ3v) is 9.00. The molecule has 0 aliphatic carbocycles. The van der Waals surface area contributed by atoms with Gasteiger partial charge in [0.1, 0.15) is 24.2 Å². The molecule has 0 fully saturated rings. The number of primary amides is 1. The Kier molecular flexibility index (Phi) is 22.8. The molecule has 0 aliphatic rings. The molecule has 0 spiro atoms. The number of carbonyl (C=O) groups is 6. The zero-order chi connectivity index (χ0) is 34.4. The smallest absolute Gasteiger partial charge is 0.327 e. The number of carbonyl (C=O) groups excluding carboxylic acids is 3. The standard InChI is InChI=1S/C31H56N4O9S/c1-4-6-7-8-9-10-11-12-13-14-15-16-26(37)34-27(21(3)5-2)28(38)35(23(30(41)42)17-18-25(33)36)24(31(43)44)20-45-19-22(32)29(39)40/h21-24,27H,4-20,32H2,1-3H3,(H2,33,36)(H,34,37)(H,39,40)(H,41,42)(H,43,44)/t21-,22+,23-,24-,27+/m1/s1. The SMILES string of the molecule is CCCCCCCCCCCCCC(=O)N[C@H](C(=O)N([C@H](CCC(N)=O)C(=O)O)[C@H](CSC[C@H](N)C(=O)O)C(=O)O)[C@H](C)CC. The zero-order valence-electron chi connectivity index (χ0n) is 27.2. The molecule has 0 saturated carbocycles. The highest BCUT2D eigenvalue weighted by Gasteiger charge is 2.43. The van der Waals surface area contributed by atoms with Crippen LogP contribution in [0.4, 0.5) is 0 Å². The van der Waals surface area contributed by atoms with Gasteiger partial charge in [-0.3, -0.25) is 19.2 Å². The second-order valence-corrected chi connectivity index (χ2v) is 12.7. The Bertz CT molecular complexity index is 937. The number of hydrogen-bond acceptors (Lipinski definition) is 8. The second-order valence-electron chi connectivity index (χ2n) is 11.7. The van der Waals surface area contributed by atoms with Gasteiger partial charge in [-0.1, -0.05) is 91.4 Å². The largest absolute Gasteiger partial charge is 0.480 e. The Morgan fingerprint density at radius 2 is 1.24 bits per heavy atom. The summed E-state index contributed by atoms with van der Waals surface area (Å²) in [4.78, 5) is 75.0. The van der Waals surface area contributed by atoms with Gasteiger partial charge >= 0.3 is 17.9 Å². The van der Waals surface area contributed by atoms with E-state index in [2.05, 4.69) is 12.2 Å². The van der Waals surface area contributed by atoms with Crippen LogP contribution in [0.1, 0.15) is 117 Å². The maximum atomic E-state index is 14.0. The third-order valence-electron chi connectivity index (χ3n) is 7.85. The Labute approximate surface area is 271 Å². The first-order valence-electron chi connectivity index (χ1n) is 16.2. The molecule has 0 unspecified atom stereocenters. The molecule has 260 valence electrons. The molecule has 0 aromatic rings. The predicted octanol–water partition coefficient (Wildman–Crippen LogP) is 3.36. The van der Waals surface area contributed by atoms with E-state index in [0.717, 1.165) is 37.4 Å². The van der Waals surface area contributed by atoms with E-state index in [0.29, 0.717) is 17.7 Å². The molecule has 0 aliphatic heterocycles. The van der Waals surface area contributed by atoms with Gasteiger partial charge < -0.3 is 37.0 Å². The highest BCUT2D eigenvalue weighted by Crippen LogP contribution is 2.22. The number of thioether (sulfide) groups is 1. The van der Waals surface area contributed by atoms with Crippen LogP contribution in [0.2, 0.25) is 0 Å². The normalized spacial score (nSPS) is 14.5. The Morgan fingerprint density at radius 1 is 0.733 bits per heavy atom. The molecule has 0 aromatic carbocycles. The van der Waals surface area contributed by atoms with Crippen LogP contribution in [0.3, 0.4) is 0 Å². The molecule has 0 saturated heterocycles. The van der Waals surface area contributed by atoms with E-state index < -0.39 is 78.6 Å². The maximum Gasteiger partial charge on any atom is 0.327 e. The highest BCUT2D eigenvalue weighted by atomic mass is 32.2. The van der Waals surface area contributed by atoms with E-state index >= 15 is 0 Å². The van der Waals surface area contributed by atoms with Crippen molar-refractivity contribution in [2.24, 2.45) is 17.4 Å². The minimum atomic E-state index is -1.74. The lowest BCUT2D eigenvalue weighted by molar-refractivity contribution is -0.160. The van der Waals surface area contributed by atoms with Crippen molar-refractivity contribution in [3.8, 4) is 0 Å². The number of nitrogens with one attached hydrogen (secondary N) is 1. The molecular weight excluding hydrogens is 604 g/mol. The summed E-state index contributed by atoms with van der Waals surface area (Å²) in [5.41, 5.74) is 10.7. The fourth-order valence-electron chi connectivity index (χ4n) is 4.87. The number of carboxylic acid groups (broad SMARTS) is 3. The van der Waals surface area contributed by atoms with E-state index in [4.69, 9.17) is 16.6 Å². The van der Waals surface area contributed by atoms with Crippen LogP contribution in [0, 0.1) is 5.92 Å². The maximum absolute atomic E-state index is 14.0. The van der Waals surface area contributed by atoms with Gasteiger partial charge in [0, 0.05) is 24.3 Å². The van der Waals surface area contributed by atoms with Crippen molar-refractivity contribution in [1.29, 1.82) is 0 Å². The minimum absolute atomic E-state index is 0.159. The fraction of sp³-hybridized carbons (Fsp3) is 0.806. The van der Waals surface area contributed by atoms with Gasteiger partial charge in [0.25, 0.3) is 0 Å². The van der Waals surface area contributed by atoms with Crippen molar-refractivity contribution < 1.29 is 44.1 Å². The van der Waals surface area contributed by atoms with Gasteiger partial charge in [-0.2, -0.15) is 11.8 Å². The number of rotatable bonds is 28. The van der Waals surface area contributed by atoms with Crippen molar-refractivity contribution in [3.05, 3.63) is 0 Å². The summed E-state index contributed by atoms with van der Waals surface area (Å²) in [7, 11) is 0. The highest BCUT2D eigenvalue weighted by molar-refractivity contribution is 7.99. The number of aliphatic carboxylic acids is 3. The van der Waals surface area contributed by atoms with Crippen molar-refractivity contribution in [1.82, 2.24) is 10.2 Å². The van der Waals surface area contributed by atoms with Crippen LogP contribution >= 0.6 is 11.8 Å². The first-order chi connectivity index (χ1) is 21.3. The summed E-state index contributed by atoms with van der Waals surface area (Å²) in [5.74, 6) is -7.56. The number of unbranched alkanes of at least 4 members (excludes halogenated alkanes) is 10. The van der Waals surface area contributed by atoms with Crippen LogP contribution in [0.25, 0.3) is 0 Å². The van der Waals surface area contributed by atoms with Crippen molar-refractivity contribution >= 4 is 47.4 Å². The number of nitrogens with zero attached hydrogens (tertiary/aromatic N) is 1. The molecule has 3 amide bonds. The van der Waals surface area contributed by atoms with Crippen LogP contribution < -0.4 is 16.8 Å². The van der Waals surface area contributed by atoms with Gasteiger partial charge in [0.2, 0.25) is 17.7 Å². The molecule has 45 heavy (non-hydrogen) atoms. The summed E-state index contributed by atoms with van der Waals surface area (Å²) in [5, 5.41) is 31.9. The lowest BCUT2D eigenvalue weighted by atomic mass is 9.95. The van der Waals surface area contributed by atoms with Crippen LogP contribution in [-0.4, -0.2) is 91.5 Å². The lowest BCUT2D eigenvalue weighted by Gasteiger charge is -2.37. The summed E-state index contributed by atoms with van der Waals surface area (Å²) in [6, 6.07) is -5.98. The topological polar surface area (TPSA) is 230 Å². The Morgan fingerprint density at radius 3 is 1.69 bits per heavy atom. The van der Waals surface area contributed by atoms with Crippen molar-refractivity contribution in [2.75, 3.05) is 11.5 Å². The Balaban J connectivity index is 5.66. The number of amides is 3. The Hall–Kier alpha value is -2.87. The molecule has 0 aromatic heterocycles. The summed E-state index contributed by atoms with van der Waals surface area (Å²) in [6.07, 6.45) is 11.9. The first-order valence-corrected chi connectivity index (χ1v) is 17.3. The van der Waals surface area contributed by atoms with Gasteiger partial charge in [-0.25, -0.2) is 9.59 Å². The number of hydrogen-bond donors (Lipinski definition) is 6. The fourth-order valence-corrected chi connectivity index (χ4v) is 5.93. The van der Waals surface area contributed by atoms with Crippen LogP contribution in [0.5, 0.6) is 0 Å². The van der Waals surface area contributed by atoms with Crippen molar-refractivity contribution in [3.63, 3.8) is 0 Å². The summed E-state index contributed by atoms with van der Waals surface area (Å²) in [6.45, 7) is 5.67. The van der Waals surface area contributed by atoms with Gasteiger partial charge in [0.05, 0.1) is 0 Å². The average molecular weight is 661 g/mol. The summed E-state index contributed by atoms with van der Waals surface area (Å²) < 4.78 is 0. The minimum Gasteiger partial charge on any atom is -0.480 e. The molecule has 0 heterocycles. The predicted molar refractivity (Wildman–Crippen MR) is 174 cm³/mol. The molecule has 8 N–H and O–H groups in total. The molecule has 0 radical (unpaired) electrons. The van der Waals surface area contributed by atoms with Crippen molar-refractivity contribution in [2.45, 2.75) is 141 Å². The third kappa shape index (κ3) is 18.0. The van der Waals surface area contributed by atoms with E-state index in [-0.39, 0.29) is 17.9 Å². The number of nitrogens with two attached hydrogens (primary N) is 2. The second kappa shape index (κ2) is 24.4. The molecule has 13 nitrogen and oxygen atoms in total. The van der Waals surface area contributed by atoms with Gasteiger partial charge in [-0.05, 0) is 18.8 Å². The monoisotopic (exact) mass is 660 g/mol. The molecule has 5 atom stereocenters. The molecule has 0 rings (SSSR count). The van der Waals surface area contributed by atoms with E-state index in [1.54, 1.807) is 13.8 Å². The number of carboxylic acids is 3. The van der Waals surface area contributed by atoms with E-state index in [9.17, 15) is 39.0 Å². The van der Waals surface area contributed by atoms with E-state index in [1.807, 2.05) is 0 Å². The van der Waals surface area contributed by atoms with Crippen LogP contribution in [-0.2, 0) is 28.8 Å².